The first-order valence-electron chi connectivity index (χ1n) is 8.95. The number of nitrogens with zero attached hydrogens (tertiary/aromatic N) is 1. The molecule has 1 aliphatic carbocycles. The lowest BCUT2D eigenvalue weighted by molar-refractivity contribution is 0.105. The fraction of sp³-hybridized carbons (Fsp3) is 1.00. The minimum absolute atomic E-state index is 0.643. The Hall–Kier alpha value is -0.0800. The van der Waals surface area contributed by atoms with Crippen molar-refractivity contribution in [2.24, 2.45) is 17.3 Å². The summed E-state index contributed by atoms with van der Waals surface area (Å²) in [5, 5.41) is 3.66. The molecular weight excluding hydrogens is 244 g/mol. The van der Waals surface area contributed by atoms with Crippen LogP contribution in [0.15, 0.2) is 0 Å². The molecule has 1 aliphatic heterocycles. The van der Waals surface area contributed by atoms with Crippen molar-refractivity contribution in [2.45, 2.75) is 72.3 Å². The molecule has 2 atom stereocenters. The predicted octanol–water partition coefficient (Wildman–Crippen LogP) is 3.91. The molecule has 1 heterocycles. The van der Waals surface area contributed by atoms with Gasteiger partial charge in [0.25, 0.3) is 0 Å². The lowest BCUT2D eigenvalue weighted by Crippen LogP contribution is -2.46. The fourth-order valence-electron chi connectivity index (χ4n) is 4.51. The standard InChI is InChI=1S/C18H36N2/c1-15(2)11-18(8-5-6-9-18)14-20-10-7-17(4)19-12-16(3)13-20/h15-17,19H,5-14H2,1-4H3. The molecule has 118 valence electrons. The highest BCUT2D eigenvalue weighted by atomic mass is 15.1. The van der Waals surface area contributed by atoms with Crippen LogP contribution in [0.3, 0.4) is 0 Å². The molecule has 0 amide bonds. The van der Waals surface area contributed by atoms with Crippen molar-refractivity contribution in [3.63, 3.8) is 0 Å². The molecule has 0 spiro atoms. The zero-order chi connectivity index (χ0) is 14.6. The lowest BCUT2D eigenvalue weighted by atomic mass is 9.78. The Bertz CT molecular complexity index is 281. The van der Waals surface area contributed by atoms with E-state index in [2.05, 4.69) is 37.9 Å². The van der Waals surface area contributed by atoms with Crippen molar-refractivity contribution in [3.8, 4) is 0 Å². The third kappa shape index (κ3) is 4.73. The number of nitrogens with one attached hydrogen (secondary N) is 1. The van der Waals surface area contributed by atoms with Gasteiger partial charge in [0.1, 0.15) is 0 Å². The minimum atomic E-state index is 0.643. The highest BCUT2D eigenvalue weighted by molar-refractivity contribution is 4.89. The molecule has 2 fully saturated rings. The van der Waals surface area contributed by atoms with Gasteiger partial charge in [-0.1, -0.05) is 33.6 Å². The average molecular weight is 281 g/mol. The van der Waals surface area contributed by atoms with Crippen LogP contribution >= 0.6 is 0 Å². The Morgan fingerprint density at radius 3 is 2.55 bits per heavy atom. The molecule has 0 aromatic carbocycles. The molecule has 1 N–H and O–H groups in total. The lowest BCUT2D eigenvalue weighted by Gasteiger charge is -2.39. The summed E-state index contributed by atoms with van der Waals surface area (Å²) in [6.45, 7) is 14.7. The molecule has 2 heteroatoms. The summed E-state index contributed by atoms with van der Waals surface area (Å²) in [4.78, 5) is 2.80. The van der Waals surface area contributed by atoms with Crippen LogP contribution in [0.1, 0.15) is 66.2 Å². The monoisotopic (exact) mass is 280 g/mol. The fourth-order valence-corrected chi connectivity index (χ4v) is 4.51. The predicted molar refractivity (Wildman–Crippen MR) is 88.0 cm³/mol. The zero-order valence-electron chi connectivity index (χ0n) is 14.3. The Balaban J connectivity index is 1.97. The minimum Gasteiger partial charge on any atom is -0.314 e. The average Bonchev–Trinajstić information content (AvgIpc) is 2.79. The molecular formula is C18H36N2. The quantitative estimate of drug-likeness (QED) is 0.840. The van der Waals surface area contributed by atoms with E-state index in [1.165, 1.54) is 64.7 Å². The molecule has 0 radical (unpaired) electrons. The highest BCUT2D eigenvalue weighted by Gasteiger charge is 2.36. The van der Waals surface area contributed by atoms with Gasteiger partial charge >= 0.3 is 0 Å². The molecule has 0 aromatic rings. The first kappa shape index (κ1) is 16.3. The summed E-state index contributed by atoms with van der Waals surface area (Å²) in [5.74, 6) is 1.64. The number of hydrogen-bond acceptors (Lipinski definition) is 2. The molecule has 2 unspecified atom stereocenters. The van der Waals surface area contributed by atoms with Crippen LogP contribution in [0, 0.1) is 17.3 Å². The summed E-state index contributed by atoms with van der Waals surface area (Å²) >= 11 is 0. The van der Waals surface area contributed by atoms with Crippen LogP contribution < -0.4 is 5.32 Å². The first-order valence-corrected chi connectivity index (χ1v) is 8.95. The van der Waals surface area contributed by atoms with Gasteiger partial charge in [0, 0.05) is 19.1 Å². The van der Waals surface area contributed by atoms with E-state index in [-0.39, 0.29) is 0 Å². The van der Waals surface area contributed by atoms with Crippen LogP contribution in [0.5, 0.6) is 0 Å². The first-order chi connectivity index (χ1) is 9.49. The van der Waals surface area contributed by atoms with Gasteiger partial charge in [-0.05, 0) is 62.9 Å². The number of hydrogen-bond donors (Lipinski definition) is 1. The summed E-state index contributed by atoms with van der Waals surface area (Å²) in [6, 6.07) is 0.685. The SMILES string of the molecule is CC(C)CC1(CN2CCC(C)NCC(C)C2)CCCC1. The molecule has 20 heavy (non-hydrogen) atoms. The summed E-state index contributed by atoms with van der Waals surface area (Å²) in [7, 11) is 0. The van der Waals surface area contributed by atoms with E-state index in [0.717, 1.165) is 11.8 Å². The van der Waals surface area contributed by atoms with E-state index >= 15 is 0 Å². The van der Waals surface area contributed by atoms with Crippen LogP contribution in [-0.2, 0) is 0 Å². The van der Waals surface area contributed by atoms with Gasteiger partial charge < -0.3 is 10.2 Å². The maximum Gasteiger partial charge on any atom is 0.00510 e. The van der Waals surface area contributed by atoms with Crippen molar-refractivity contribution in [1.82, 2.24) is 10.2 Å². The maximum atomic E-state index is 3.66. The van der Waals surface area contributed by atoms with E-state index in [9.17, 15) is 0 Å². The highest BCUT2D eigenvalue weighted by Crippen LogP contribution is 2.44. The van der Waals surface area contributed by atoms with E-state index in [1.807, 2.05) is 0 Å². The van der Waals surface area contributed by atoms with Gasteiger partial charge in [0.05, 0.1) is 0 Å². The second kappa shape index (κ2) is 7.26. The van der Waals surface area contributed by atoms with Crippen molar-refractivity contribution in [3.05, 3.63) is 0 Å². The smallest absolute Gasteiger partial charge is 0.00510 e. The van der Waals surface area contributed by atoms with Crippen LogP contribution in [0.25, 0.3) is 0 Å². The zero-order valence-corrected chi connectivity index (χ0v) is 14.3. The van der Waals surface area contributed by atoms with Crippen molar-refractivity contribution < 1.29 is 0 Å². The number of rotatable bonds is 4. The van der Waals surface area contributed by atoms with Crippen LogP contribution in [0.4, 0.5) is 0 Å². The third-order valence-corrected chi connectivity index (χ3v) is 5.33. The van der Waals surface area contributed by atoms with Crippen molar-refractivity contribution in [1.29, 1.82) is 0 Å². The molecule has 1 saturated heterocycles. The summed E-state index contributed by atoms with van der Waals surface area (Å²) < 4.78 is 0. The summed E-state index contributed by atoms with van der Waals surface area (Å²) in [6.07, 6.45) is 8.63. The Morgan fingerprint density at radius 1 is 1.20 bits per heavy atom. The van der Waals surface area contributed by atoms with Gasteiger partial charge in [-0.15, -0.1) is 0 Å². The van der Waals surface area contributed by atoms with Gasteiger partial charge in [-0.2, -0.15) is 0 Å². The van der Waals surface area contributed by atoms with E-state index in [0.29, 0.717) is 11.5 Å². The molecule has 0 aromatic heterocycles. The second-order valence-electron chi connectivity index (χ2n) is 8.24. The van der Waals surface area contributed by atoms with Crippen LogP contribution in [0.2, 0.25) is 0 Å². The Kier molecular flexibility index (Phi) is 5.92. The van der Waals surface area contributed by atoms with Crippen LogP contribution in [-0.4, -0.2) is 37.1 Å². The second-order valence-corrected chi connectivity index (χ2v) is 8.24. The molecule has 2 aliphatic rings. The molecule has 2 nitrogen and oxygen atoms in total. The van der Waals surface area contributed by atoms with Crippen molar-refractivity contribution >= 4 is 0 Å². The van der Waals surface area contributed by atoms with Crippen molar-refractivity contribution in [2.75, 3.05) is 26.2 Å². The van der Waals surface area contributed by atoms with E-state index in [1.54, 1.807) is 0 Å². The largest absolute Gasteiger partial charge is 0.314 e. The van der Waals surface area contributed by atoms with Gasteiger partial charge in [0.15, 0.2) is 0 Å². The topological polar surface area (TPSA) is 15.3 Å². The Morgan fingerprint density at radius 2 is 1.90 bits per heavy atom. The molecule has 2 rings (SSSR count). The Labute approximate surface area is 126 Å². The van der Waals surface area contributed by atoms with E-state index < -0.39 is 0 Å². The van der Waals surface area contributed by atoms with Gasteiger partial charge in [-0.25, -0.2) is 0 Å². The summed E-state index contributed by atoms with van der Waals surface area (Å²) in [5.41, 5.74) is 0.643. The maximum absolute atomic E-state index is 3.66. The van der Waals surface area contributed by atoms with Gasteiger partial charge in [-0.3, -0.25) is 0 Å². The third-order valence-electron chi connectivity index (χ3n) is 5.33. The molecule has 1 saturated carbocycles. The normalized spacial score (nSPS) is 32.2. The van der Waals surface area contributed by atoms with E-state index in [4.69, 9.17) is 0 Å². The molecule has 0 bridgehead atoms. The van der Waals surface area contributed by atoms with Gasteiger partial charge in [0.2, 0.25) is 0 Å².